The molecule has 1 aromatic heterocycles. The van der Waals surface area contributed by atoms with Gasteiger partial charge in [-0.15, -0.1) is 0 Å². The number of anilines is 2. The van der Waals surface area contributed by atoms with Gasteiger partial charge in [-0.1, -0.05) is 38.8 Å². The number of hydrogen-bond donors (Lipinski definition) is 6. The third kappa shape index (κ3) is 14.9. The number of aliphatic hydroxyl groups excluding tert-OH is 1. The van der Waals surface area contributed by atoms with Crippen LogP contribution in [-0.2, 0) is 30.5 Å². The Bertz CT molecular complexity index is 1350. The predicted molar refractivity (Wildman–Crippen MR) is 176 cm³/mol. The van der Waals surface area contributed by atoms with Crippen molar-refractivity contribution >= 4 is 35.1 Å². The van der Waals surface area contributed by atoms with Crippen LogP contribution in [0.4, 0.5) is 11.5 Å². The molecular weight excluding hydrogens is 608 g/mol. The van der Waals surface area contributed by atoms with E-state index in [-0.39, 0.29) is 61.3 Å². The van der Waals surface area contributed by atoms with Crippen molar-refractivity contribution in [1.82, 2.24) is 20.3 Å². The number of ether oxygens (including phenoxy) is 1. The highest BCUT2D eigenvalue weighted by molar-refractivity contribution is 5.92. The number of nitrogens with one attached hydrogen (secondary N) is 4. The Balaban J connectivity index is 0.00000181. The number of aliphatic hydroxyl groups is 1. The van der Waals surface area contributed by atoms with Crippen molar-refractivity contribution in [2.75, 3.05) is 24.4 Å². The quantitative estimate of drug-likeness (QED) is 0.0790. The summed E-state index contributed by atoms with van der Waals surface area (Å²) in [5.41, 5.74) is 2.56. The van der Waals surface area contributed by atoms with E-state index in [1.807, 2.05) is 20.8 Å². The van der Waals surface area contributed by atoms with Crippen LogP contribution in [-0.4, -0.2) is 63.3 Å². The first-order valence-electron chi connectivity index (χ1n) is 16.1. The second-order valence-electron chi connectivity index (χ2n) is 11.8. The summed E-state index contributed by atoms with van der Waals surface area (Å²) in [6.07, 6.45) is 5.25. The molecule has 3 rings (SSSR count). The van der Waals surface area contributed by atoms with Crippen molar-refractivity contribution in [3.8, 4) is 0 Å². The first kappa shape index (κ1) is 39.0. The van der Waals surface area contributed by atoms with E-state index in [0.717, 1.165) is 25.0 Å². The van der Waals surface area contributed by atoms with Crippen LogP contribution in [0, 0.1) is 11.8 Å². The minimum absolute atomic E-state index is 0.0196. The van der Waals surface area contributed by atoms with E-state index in [0.29, 0.717) is 31.4 Å². The van der Waals surface area contributed by atoms with Crippen molar-refractivity contribution in [2.24, 2.45) is 11.8 Å². The van der Waals surface area contributed by atoms with Gasteiger partial charge in [0, 0.05) is 69.8 Å². The zero-order chi connectivity index (χ0) is 34.8. The van der Waals surface area contributed by atoms with Crippen molar-refractivity contribution in [1.29, 1.82) is 0 Å². The molecular formula is C33H50N6O8. The standard InChI is InChI=1S/C30H42N6O7.C3H8O/c1-19(2)29(41)22-17-23(22)36-16-15-24(34-30(36)42)33-27(39)14-13-25(37)31-18-20-9-11-21(12-10-20)32-26(38)7-5-3-4-6-8-28(40)35-43;1-3-4-2/h9-12,15-16,19,22-23,29,41,43H,3-8,13-14,17-18H2,1-2H3,(H,31,37)(H,32,38)(H,35,40)(H,33,34,39,42);3H2,1-2H3. The number of nitrogens with zero attached hydrogens (tertiary/aromatic N) is 2. The van der Waals surface area contributed by atoms with Crippen LogP contribution >= 0.6 is 0 Å². The molecule has 6 N–H and O–H groups in total. The summed E-state index contributed by atoms with van der Waals surface area (Å²) in [5.74, 6) is -1.03. The van der Waals surface area contributed by atoms with Gasteiger partial charge in [-0.05, 0) is 55.9 Å². The topological polar surface area (TPSA) is 201 Å². The number of rotatable bonds is 18. The SMILES string of the molecule is CC(C)C(O)C1CC1n1ccc(NC(=O)CCC(=O)NCc2ccc(NC(=O)CCCCCCC(=O)NO)cc2)nc1=O.CCOC. The van der Waals surface area contributed by atoms with Gasteiger partial charge in [-0.2, -0.15) is 4.98 Å². The Hall–Kier alpha value is -4.14. The number of methoxy groups -OCH3 is 1. The molecule has 1 aliphatic rings. The predicted octanol–water partition coefficient (Wildman–Crippen LogP) is 3.29. The Labute approximate surface area is 275 Å². The van der Waals surface area contributed by atoms with Gasteiger partial charge >= 0.3 is 5.69 Å². The summed E-state index contributed by atoms with van der Waals surface area (Å²) >= 11 is 0. The van der Waals surface area contributed by atoms with Crippen LogP contribution in [0.1, 0.15) is 90.2 Å². The molecule has 0 aliphatic heterocycles. The van der Waals surface area contributed by atoms with Crippen molar-refractivity contribution < 1.29 is 34.2 Å². The van der Waals surface area contributed by atoms with E-state index >= 15 is 0 Å². The number of carbonyl (C=O) groups excluding carboxylic acids is 4. The highest BCUT2D eigenvalue weighted by Crippen LogP contribution is 2.46. The maximum atomic E-state index is 12.4. The molecule has 14 heteroatoms. The summed E-state index contributed by atoms with van der Waals surface area (Å²) in [4.78, 5) is 64.0. The van der Waals surface area contributed by atoms with Gasteiger partial charge in [-0.3, -0.25) is 29.0 Å². The lowest BCUT2D eigenvalue weighted by molar-refractivity contribution is -0.129. The lowest BCUT2D eigenvalue weighted by Crippen LogP contribution is -2.27. The molecule has 1 aliphatic carbocycles. The van der Waals surface area contributed by atoms with Crippen LogP contribution < -0.4 is 27.1 Å². The fourth-order valence-corrected chi connectivity index (χ4v) is 4.75. The Morgan fingerprint density at radius 3 is 2.09 bits per heavy atom. The number of hydrogen-bond acceptors (Lipinski definition) is 9. The molecule has 1 heterocycles. The molecule has 1 fully saturated rings. The number of unbranched alkanes of at least 4 members (excludes halogenated alkanes) is 3. The molecule has 2 aromatic rings. The van der Waals surface area contributed by atoms with Crippen LogP contribution in [0.2, 0.25) is 0 Å². The van der Waals surface area contributed by atoms with E-state index in [1.54, 1.807) is 43.1 Å². The molecule has 3 atom stereocenters. The van der Waals surface area contributed by atoms with Crippen LogP contribution in [0.3, 0.4) is 0 Å². The van der Waals surface area contributed by atoms with E-state index in [2.05, 4.69) is 25.7 Å². The molecule has 14 nitrogen and oxygen atoms in total. The van der Waals surface area contributed by atoms with Crippen molar-refractivity contribution in [2.45, 2.75) is 97.2 Å². The van der Waals surface area contributed by atoms with E-state index in [9.17, 15) is 29.1 Å². The third-order valence-corrected chi connectivity index (χ3v) is 7.66. The average molecular weight is 659 g/mol. The largest absolute Gasteiger partial charge is 0.392 e. The molecule has 0 saturated heterocycles. The maximum absolute atomic E-state index is 12.4. The van der Waals surface area contributed by atoms with Gasteiger partial charge in [0.25, 0.3) is 0 Å². The number of hydroxylamine groups is 1. The zero-order valence-electron chi connectivity index (χ0n) is 27.8. The van der Waals surface area contributed by atoms with E-state index in [1.165, 1.54) is 10.6 Å². The van der Waals surface area contributed by atoms with Gasteiger partial charge in [-0.25, -0.2) is 10.3 Å². The summed E-state index contributed by atoms with van der Waals surface area (Å²) in [6.45, 7) is 6.90. The second kappa shape index (κ2) is 20.9. The normalized spacial score (nSPS) is 15.6. The van der Waals surface area contributed by atoms with Crippen molar-refractivity contribution in [3.05, 3.63) is 52.6 Å². The van der Waals surface area contributed by atoms with E-state index in [4.69, 9.17) is 5.21 Å². The molecule has 1 aromatic carbocycles. The summed E-state index contributed by atoms with van der Waals surface area (Å²) in [7, 11) is 1.68. The first-order chi connectivity index (χ1) is 22.5. The highest BCUT2D eigenvalue weighted by Gasteiger charge is 2.45. The Morgan fingerprint density at radius 1 is 0.915 bits per heavy atom. The first-order valence-corrected chi connectivity index (χ1v) is 16.1. The van der Waals surface area contributed by atoms with Gasteiger partial charge in [0.1, 0.15) is 5.82 Å². The Morgan fingerprint density at radius 2 is 1.51 bits per heavy atom. The second-order valence-corrected chi connectivity index (χ2v) is 11.8. The fraction of sp³-hybridized carbons (Fsp3) is 0.576. The van der Waals surface area contributed by atoms with Crippen LogP contribution in [0.25, 0.3) is 0 Å². The minimum atomic E-state index is -0.497. The maximum Gasteiger partial charge on any atom is 0.349 e. The monoisotopic (exact) mass is 658 g/mol. The highest BCUT2D eigenvalue weighted by atomic mass is 16.5. The summed E-state index contributed by atoms with van der Waals surface area (Å²) < 4.78 is 6.02. The number of aromatic nitrogens is 2. The smallest absolute Gasteiger partial charge is 0.349 e. The zero-order valence-corrected chi connectivity index (χ0v) is 27.8. The molecule has 260 valence electrons. The van der Waals surface area contributed by atoms with Gasteiger partial charge in [0.15, 0.2) is 0 Å². The van der Waals surface area contributed by atoms with Gasteiger partial charge in [0.05, 0.1) is 6.10 Å². The summed E-state index contributed by atoms with van der Waals surface area (Å²) in [5, 5.41) is 26.8. The molecule has 1 saturated carbocycles. The van der Waals surface area contributed by atoms with Gasteiger partial charge < -0.3 is 25.8 Å². The third-order valence-electron chi connectivity index (χ3n) is 7.66. The fourth-order valence-electron chi connectivity index (χ4n) is 4.75. The number of carbonyl (C=O) groups is 4. The molecule has 47 heavy (non-hydrogen) atoms. The average Bonchev–Trinajstić information content (AvgIpc) is 3.85. The lowest BCUT2D eigenvalue weighted by Gasteiger charge is -2.14. The van der Waals surface area contributed by atoms with Crippen LogP contribution in [0.5, 0.6) is 0 Å². The minimum Gasteiger partial charge on any atom is -0.392 e. The lowest BCUT2D eigenvalue weighted by atomic mass is 10.0. The Kier molecular flexibility index (Phi) is 17.3. The molecule has 0 spiro atoms. The number of benzene rings is 1. The molecule has 0 bridgehead atoms. The summed E-state index contributed by atoms with van der Waals surface area (Å²) in [6, 6.07) is 8.51. The van der Waals surface area contributed by atoms with Gasteiger partial charge in [0.2, 0.25) is 23.6 Å². The van der Waals surface area contributed by atoms with E-state index < -0.39 is 23.6 Å². The number of amides is 4. The van der Waals surface area contributed by atoms with Crippen LogP contribution in [0.15, 0.2) is 41.3 Å². The molecule has 3 unspecified atom stereocenters. The van der Waals surface area contributed by atoms with Crippen molar-refractivity contribution in [3.63, 3.8) is 0 Å². The molecule has 0 radical (unpaired) electrons. The molecule has 4 amide bonds.